The predicted octanol–water partition coefficient (Wildman–Crippen LogP) is 3.17. The Bertz CT molecular complexity index is 767. The van der Waals surface area contributed by atoms with Crippen LogP contribution in [0.3, 0.4) is 0 Å². The standard InChI is InChI=1S/C16H15NO3S/c18-21(19,13-6-5-11-20-12-13)16-9-2-1-7-14(16)15-8-3-4-10-17-15/h1-4,7-10,12H,5-6,11H2. The molecule has 1 aromatic carbocycles. The number of hydrogen-bond donors (Lipinski definition) is 0. The van der Waals surface area contributed by atoms with Gasteiger partial charge in [0.15, 0.2) is 0 Å². The van der Waals surface area contributed by atoms with Crippen LogP contribution in [-0.4, -0.2) is 20.0 Å². The third-order valence-corrected chi connectivity index (χ3v) is 5.29. The fraction of sp³-hybridized carbons (Fsp3) is 0.188. The molecular formula is C16H15NO3S. The van der Waals surface area contributed by atoms with Crippen LogP contribution in [-0.2, 0) is 14.6 Å². The molecule has 0 saturated heterocycles. The molecule has 0 atom stereocenters. The molecule has 0 unspecified atom stereocenters. The van der Waals surface area contributed by atoms with Gasteiger partial charge in [-0.05, 0) is 31.0 Å². The second kappa shape index (κ2) is 5.69. The summed E-state index contributed by atoms with van der Waals surface area (Å²) < 4.78 is 30.8. The summed E-state index contributed by atoms with van der Waals surface area (Å²) in [5, 5.41) is 0. The second-order valence-corrected chi connectivity index (χ2v) is 6.74. The molecule has 0 spiro atoms. The molecule has 0 fully saturated rings. The molecule has 0 aliphatic carbocycles. The zero-order chi connectivity index (χ0) is 14.7. The minimum absolute atomic E-state index is 0.278. The fourth-order valence-corrected chi connectivity index (χ4v) is 3.92. The monoisotopic (exact) mass is 301 g/mol. The van der Waals surface area contributed by atoms with E-state index in [4.69, 9.17) is 4.74 Å². The van der Waals surface area contributed by atoms with Crippen LogP contribution >= 0.6 is 0 Å². The summed E-state index contributed by atoms with van der Waals surface area (Å²) in [6.07, 6.45) is 4.26. The van der Waals surface area contributed by atoms with Crippen molar-refractivity contribution >= 4 is 9.84 Å². The number of benzene rings is 1. The number of sulfone groups is 1. The minimum Gasteiger partial charge on any atom is -0.500 e. The lowest BCUT2D eigenvalue weighted by molar-refractivity contribution is 0.228. The lowest BCUT2D eigenvalue weighted by atomic mass is 10.1. The Hall–Kier alpha value is -2.14. The van der Waals surface area contributed by atoms with Crippen LogP contribution < -0.4 is 0 Å². The van der Waals surface area contributed by atoms with Gasteiger partial charge in [0.05, 0.1) is 28.4 Å². The molecule has 1 aliphatic rings. The van der Waals surface area contributed by atoms with Gasteiger partial charge >= 0.3 is 0 Å². The van der Waals surface area contributed by atoms with Crippen molar-refractivity contribution in [2.24, 2.45) is 0 Å². The van der Waals surface area contributed by atoms with Gasteiger partial charge in [0.25, 0.3) is 0 Å². The highest BCUT2D eigenvalue weighted by molar-refractivity contribution is 7.95. The Morgan fingerprint density at radius 2 is 1.86 bits per heavy atom. The molecule has 21 heavy (non-hydrogen) atoms. The quantitative estimate of drug-likeness (QED) is 0.873. The summed E-state index contributed by atoms with van der Waals surface area (Å²) in [5.74, 6) is 0. The first-order valence-electron chi connectivity index (χ1n) is 6.76. The first-order chi connectivity index (χ1) is 10.2. The van der Waals surface area contributed by atoms with Gasteiger partial charge in [-0.25, -0.2) is 8.42 Å². The molecule has 2 aromatic rings. The van der Waals surface area contributed by atoms with E-state index in [1.807, 2.05) is 12.1 Å². The molecule has 0 bridgehead atoms. The molecule has 1 aromatic heterocycles. The van der Waals surface area contributed by atoms with E-state index in [2.05, 4.69) is 4.98 Å². The maximum Gasteiger partial charge on any atom is 0.206 e. The van der Waals surface area contributed by atoms with Crippen molar-refractivity contribution in [3.63, 3.8) is 0 Å². The number of rotatable bonds is 3. The smallest absolute Gasteiger partial charge is 0.206 e. The topological polar surface area (TPSA) is 56.3 Å². The van der Waals surface area contributed by atoms with Gasteiger partial charge < -0.3 is 4.74 Å². The molecule has 4 nitrogen and oxygen atoms in total. The van der Waals surface area contributed by atoms with Gasteiger partial charge in [-0.2, -0.15) is 0 Å². The van der Waals surface area contributed by atoms with E-state index < -0.39 is 9.84 Å². The van der Waals surface area contributed by atoms with Crippen LogP contribution in [0.1, 0.15) is 12.8 Å². The van der Waals surface area contributed by atoms with E-state index in [0.717, 1.165) is 6.42 Å². The summed E-state index contributed by atoms with van der Waals surface area (Å²) >= 11 is 0. The van der Waals surface area contributed by atoms with Crippen molar-refractivity contribution < 1.29 is 13.2 Å². The lowest BCUT2D eigenvalue weighted by Gasteiger charge is -2.16. The number of nitrogens with zero attached hydrogens (tertiary/aromatic N) is 1. The second-order valence-electron chi connectivity index (χ2n) is 4.77. The Morgan fingerprint density at radius 3 is 2.57 bits per heavy atom. The van der Waals surface area contributed by atoms with Crippen molar-refractivity contribution in [3.8, 4) is 11.3 Å². The van der Waals surface area contributed by atoms with Gasteiger partial charge in [0.2, 0.25) is 9.84 Å². The zero-order valence-electron chi connectivity index (χ0n) is 11.4. The normalized spacial score (nSPS) is 15.1. The van der Waals surface area contributed by atoms with Crippen molar-refractivity contribution in [1.82, 2.24) is 4.98 Å². The number of allylic oxidation sites excluding steroid dienone is 1. The van der Waals surface area contributed by atoms with Crippen molar-refractivity contribution in [2.45, 2.75) is 17.7 Å². The number of pyridine rings is 1. The average molecular weight is 301 g/mol. The van der Waals surface area contributed by atoms with E-state index in [-0.39, 0.29) is 4.90 Å². The highest BCUT2D eigenvalue weighted by atomic mass is 32.2. The molecule has 5 heteroatoms. The van der Waals surface area contributed by atoms with Crippen LogP contribution in [0, 0.1) is 0 Å². The summed E-state index contributed by atoms with van der Waals surface area (Å²) in [7, 11) is -3.54. The molecular weight excluding hydrogens is 286 g/mol. The molecule has 3 rings (SSSR count). The SMILES string of the molecule is O=S(=O)(C1=COCCC1)c1ccccc1-c1ccccn1. The molecule has 0 N–H and O–H groups in total. The molecule has 1 aliphatic heterocycles. The summed E-state index contributed by atoms with van der Waals surface area (Å²) in [5.41, 5.74) is 1.26. The van der Waals surface area contributed by atoms with Crippen LogP contribution in [0.2, 0.25) is 0 Å². The highest BCUT2D eigenvalue weighted by Gasteiger charge is 2.26. The third kappa shape index (κ3) is 2.69. The van der Waals surface area contributed by atoms with E-state index in [1.54, 1.807) is 36.5 Å². The van der Waals surface area contributed by atoms with Crippen LogP contribution in [0.15, 0.2) is 64.7 Å². The Labute approximate surface area is 124 Å². The van der Waals surface area contributed by atoms with Crippen LogP contribution in [0.25, 0.3) is 11.3 Å². The van der Waals surface area contributed by atoms with Crippen LogP contribution in [0.4, 0.5) is 0 Å². The number of aromatic nitrogens is 1. The van der Waals surface area contributed by atoms with E-state index in [9.17, 15) is 8.42 Å². The first kappa shape index (κ1) is 13.8. The van der Waals surface area contributed by atoms with E-state index in [0.29, 0.717) is 29.2 Å². The van der Waals surface area contributed by atoms with Crippen molar-refractivity contribution in [1.29, 1.82) is 0 Å². The molecule has 0 saturated carbocycles. The van der Waals surface area contributed by atoms with Gasteiger partial charge in [-0.1, -0.05) is 24.3 Å². The highest BCUT2D eigenvalue weighted by Crippen LogP contribution is 2.32. The largest absolute Gasteiger partial charge is 0.500 e. The Balaban J connectivity index is 2.13. The molecule has 108 valence electrons. The average Bonchev–Trinajstić information content (AvgIpc) is 2.56. The molecule has 2 heterocycles. The summed E-state index contributed by atoms with van der Waals surface area (Å²) in [6.45, 7) is 0.570. The van der Waals surface area contributed by atoms with E-state index >= 15 is 0 Å². The van der Waals surface area contributed by atoms with Gasteiger partial charge in [-0.15, -0.1) is 0 Å². The first-order valence-corrected chi connectivity index (χ1v) is 8.24. The predicted molar refractivity (Wildman–Crippen MR) is 80.1 cm³/mol. The third-order valence-electron chi connectivity index (χ3n) is 3.36. The van der Waals surface area contributed by atoms with Gasteiger partial charge in [-0.3, -0.25) is 4.98 Å². The van der Waals surface area contributed by atoms with Gasteiger partial charge in [0, 0.05) is 11.8 Å². The fourth-order valence-electron chi connectivity index (χ4n) is 2.31. The maximum absolute atomic E-state index is 12.8. The molecule has 0 radical (unpaired) electrons. The Kier molecular flexibility index (Phi) is 3.75. The molecule has 0 amide bonds. The van der Waals surface area contributed by atoms with Gasteiger partial charge in [0.1, 0.15) is 0 Å². The summed E-state index contributed by atoms with van der Waals surface area (Å²) in [4.78, 5) is 4.86. The lowest BCUT2D eigenvalue weighted by Crippen LogP contribution is -2.11. The van der Waals surface area contributed by atoms with Crippen LogP contribution in [0.5, 0.6) is 0 Å². The van der Waals surface area contributed by atoms with E-state index in [1.165, 1.54) is 6.26 Å². The number of hydrogen-bond acceptors (Lipinski definition) is 4. The Morgan fingerprint density at radius 1 is 1.05 bits per heavy atom. The summed E-state index contributed by atoms with van der Waals surface area (Å²) in [6, 6.07) is 12.4. The zero-order valence-corrected chi connectivity index (χ0v) is 12.2. The maximum atomic E-state index is 12.8. The van der Waals surface area contributed by atoms with Crippen molar-refractivity contribution in [3.05, 3.63) is 59.8 Å². The van der Waals surface area contributed by atoms with Crippen molar-refractivity contribution in [2.75, 3.05) is 6.61 Å². The minimum atomic E-state index is -3.54. The number of ether oxygens (including phenoxy) is 1.